The quantitative estimate of drug-likeness (QED) is 0.210. The first-order valence-corrected chi connectivity index (χ1v) is 9.18. The molecular formula is C16H17F15N2O3. The summed E-state index contributed by atoms with van der Waals surface area (Å²) >= 11 is 0. The minimum absolute atomic E-state index is 0.136. The highest BCUT2D eigenvalue weighted by Gasteiger charge is 2.94. The highest BCUT2D eigenvalue weighted by Crippen LogP contribution is 2.62. The Bertz CT molecular complexity index is 809. The predicted octanol–water partition coefficient (Wildman–Crippen LogP) is 3.08. The van der Waals surface area contributed by atoms with Crippen molar-refractivity contribution in [1.29, 1.82) is 0 Å². The Labute approximate surface area is 191 Å². The summed E-state index contributed by atoms with van der Waals surface area (Å²) in [6.07, 6.45) is -8.68. The van der Waals surface area contributed by atoms with Gasteiger partial charge in [-0.05, 0) is 0 Å². The van der Waals surface area contributed by atoms with E-state index in [1.54, 1.807) is 0 Å². The lowest BCUT2D eigenvalue weighted by atomic mass is 9.91. The molecule has 0 aromatic rings. The molecule has 0 saturated carbocycles. The molecule has 36 heavy (non-hydrogen) atoms. The van der Waals surface area contributed by atoms with Crippen molar-refractivity contribution in [2.75, 3.05) is 33.7 Å². The van der Waals surface area contributed by atoms with Gasteiger partial charge in [-0.15, -0.1) is 0 Å². The van der Waals surface area contributed by atoms with Crippen LogP contribution >= 0.6 is 0 Å². The monoisotopic (exact) mass is 570 g/mol. The van der Waals surface area contributed by atoms with Gasteiger partial charge in [0.1, 0.15) is 0 Å². The van der Waals surface area contributed by atoms with Gasteiger partial charge in [-0.3, -0.25) is 4.79 Å². The van der Waals surface area contributed by atoms with Crippen molar-refractivity contribution in [2.24, 2.45) is 0 Å². The molecule has 0 aliphatic rings. The van der Waals surface area contributed by atoms with Crippen LogP contribution in [0.4, 0.5) is 65.9 Å². The molecule has 0 aromatic carbocycles. The zero-order valence-corrected chi connectivity index (χ0v) is 17.9. The van der Waals surface area contributed by atoms with Gasteiger partial charge in [-0.2, -0.15) is 65.9 Å². The van der Waals surface area contributed by atoms with E-state index in [1.165, 1.54) is 14.1 Å². The van der Waals surface area contributed by atoms with Crippen LogP contribution in [0.3, 0.4) is 0 Å². The van der Waals surface area contributed by atoms with Crippen molar-refractivity contribution in [3.8, 4) is 0 Å². The van der Waals surface area contributed by atoms with Crippen molar-refractivity contribution in [3.63, 3.8) is 0 Å². The molecule has 0 fully saturated rings. The standard InChI is InChI=1S/C16H17F15N2O3/c1-33(2,7-4-8(34)35)6-3-5-32-9(36)10(17,18)11(19,20)12(21,22)13(23,24)14(25,26)15(27,28)16(29,30)31/h3-7H2,1-2H3,(H-,32,34,35,36). The summed E-state index contributed by atoms with van der Waals surface area (Å²) < 4.78 is 196. The summed E-state index contributed by atoms with van der Waals surface area (Å²) in [5.41, 5.74) is 0. The second-order valence-electron chi connectivity index (χ2n) is 8.06. The largest absolute Gasteiger partial charge is 0.550 e. The topological polar surface area (TPSA) is 69.2 Å². The minimum Gasteiger partial charge on any atom is -0.550 e. The van der Waals surface area contributed by atoms with Crippen molar-refractivity contribution in [3.05, 3.63) is 0 Å². The number of hydrogen-bond donors (Lipinski definition) is 1. The summed E-state index contributed by atoms with van der Waals surface area (Å²) in [6.45, 7) is -1.41. The number of carboxylic acid groups (broad SMARTS) is 1. The second kappa shape index (κ2) is 9.96. The van der Waals surface area contributed by atoms with Crippen molar-refractivity contribution in [2.45, 2.75) is 54.6 Å². The zero-order valence-electron chi connectivity index (χ0n) is 17.9. The molecule has 0 aromatic heterocycles. The molecule has 0 aliphatic heterocycles. The van der Waals surface area contributed by atoms with Gasteiger partial charge in [0, 0.05) is 25.4 Å². The van der Waals surface area contributed by atoms with Crippen LogP contribution in [0.2, 0.25) is 0 Å². The van der Waals surface area contributed by atoms with Crippen LogP contribution in [0.15, 0.2) is 0 Å². The molecule has 0 unspecified atom stereocenters. The molecule has 0 heterocycles. The molecule has 20 heteroatoms. The highest BCUT2D eigenvalue weighted by molar-refractivity contribution is 5.84. The number of halogens is 15. The number of nitrogens with one attached hydrogen (secondary N) is 1. The molecule has 1 amide bonds. The molecule has 0 atom stereocenters. The van der Waals surface area contributed by atoms with Crippen LogP contribution in [0.25, 0.3) is 0 Å². The number of rotatable bonds is 13. The molecule has 214 valence electrons. The Balaban J connectivity index is 5.80. The third kappa shape index (κ3) is 5.87. The lowest BCUT2D eigenvalue weighted by Crippen LogP contribution is -2.74. The predicted molar refractivity (Wildman–Crippen MR) is 84.8 cm³/mol. The number of amides is 1. The van der Waals surface area contributed by atoms with E-state index in [9.17, 15) is 80.6 Å². The zero-order chi connectivity index (χ0) is 29.4. The van der Waals surface area contributed by atoms with Crippen LogP contribution in [0.5, 0.6) is 0 Å². The van der Waals surface area contributed by atoms with Gasteiger partial charge < -0.3 is 19.7 Å². The molecular weight excluding hydrogens is 553 g/mol. The average molecular weight is 570 g/mol. The number of hydrogen-bond acceptors (Lipinski definition) is 3. The van der Waals surface area contributed by atoms with Gasteiger partial charge >= 0.3 is 41.7 Å². The Hall–Kier alpha value is -2.15. The number of quaternary nitrogens is 1. The third-order valence-corrected chi connectivity index (χ3v) is 4.76. The lowest BCUT2D eigenvalue weighted by molar-refractivity contribution is -0.890. The maximum atomic E-state index is 13.7. The van der Waals surface area contributed by atoms with E-state index in [-0.39, 0.29) is 17.6 Å². The van der Waals surface area contributed by atoms with E-state index in [4.69, 9.17) is 0 Å². The first kappa shape index (κ1) is 33.8. The van der Waals surface area contributed by atoms with E-state index >= 15 is 0 Å². The Kier molecular flexibility index (Phi) is 9.36. The minimum atomic E-state index is -8.47. The number of carboxylic acids is 1. The summed E-state index contributed by atoms with van der Waals surface area (Å²) in [7, 11) is 2.71. The molecule has 0 bridgehead atoms. The van der Waals surface area contributed by atoms with Crippen molar-refractivity contribution >= 4 is 11.9 Å². The fourth-order valence-electron chi connectivity index (χ4n) is 2.44. The molecule has 1 N–H and O–H groups in total. The van der Waals surface area contributed by atoms with Gasteiger partial charge in [0.2, 0.25) is 0 Å². The highest BCUT2D eigenvalue weighted by atomic mass is 19.4. The van der Waals surface area contributed by atoms with Crippen LogP contribution in [0, 0.1) is 0 Å². The van der Waals surface area contributed by atoms with Gasteiger partial charge in [-0.25, -0.2) is 0 Å². The van der Waals surface area contributed by atoms with Crippen molar-refractivity contribution in [1.82, 2.24) is 5.32 Å². The van der Waals surface area contributed by atoms with Crippen LogP contribution in [-0.4, -0.2) is 91.8 Å². The second-order valence-corrected chi connectivity index (χ2v) is 8.06. The summed E-state index contributed by atoms with van der Waals surface area (Å²) in [6, 6.07) is 0. The Morgan fingerprint density at radius 1 is 0.667 bits per heavy atom. The summed E-state index contributed by atoms with van der Waals surface area (Å²) in [4.78, 5) is 21.7. The molecule has 5 nitrogen and oxygen atoms in total. The number of carbonyl (C=O) groups excluding carboxylic acids is 2. The van der Waals surface area contributed by atoms with Gasteiger partial charge in [0.15, 0.2) is 0 Å². The molecule has 0 aliphatic carbocycles. The Morgan fingerprint density at radius 3 is 1.44 bits per heavy atom. The average Bonchev–Trinajstić information content (AvgIpc) is 2.67. The smallest absolute Gasteiger partial charge is 0.460 e. The molecule has 0 rings (SSSR count). The number of carbonyl (C=O) groups is 2. The maximum Gasteiger partial charge on any atom is 0.460 e. The molecule has 0 radical (unpaired) electrons. The molecule has 0 spiro atoms. The number of nitrogens with zero attached hydrogens (tertiary/aromatic N) is 1. The Morgan fingerprint density at radius 2 is 1.06 bits per heavy atom. The fourth-order valence-corrected chi connectivity index (χ4v) is 2.44. The summed E-state index contributed by atoms with van der Waals surface area (Å²) in [5, 5.41) is 11.3. The van der Waals surface area contributed by atoms with Crippen LogP contribution < -0.4 is 10.4 Å². The van der Waals surface area contributed by atoms with E-state index in [0.717, 1.165) is 5.32 Å². The van der Waals surface area contributed by atoms with Gasteiger partial charge in [0.05, 0.1) is 27.2 Å². The normalized spacial score (nSPS) is 15.1. The van der Waals surface area contributed by atoms with Crippen LogP contribution in [0.1, 0.15) is 12.8 Å². The van der Waals surface area contributed by atoms with E-state index in [2.05, 4.69) is 0 Å². The third-order valence-electron chi connectivity index (χ3n) is 4.76. The lowest BCUT2D eigenvalue weighted by Gasteiger charge is -2.41. The molecule has 0 saturated heterocycles. The van der Waals surface area contributed by atoms with Crippen LogP contribution in [-0.2, 0) is 9.59 Å². The van der Waals surface area contributed by atoms with Crippen molar-refractivity contribution < 1.29 is 85.0 Å². The van der Waals surface area contributed by atoms with E-state index in [0.29, 0.717) is 0 Å². The first-order chi connectivity index (χ1) is 15.5. The SMILES string of the molecule is C[N+](C)(CCCNC(=O)C(F)(F)C(F)(F)C(F)(F)C(F)(F)C(F)(F)C(F)(F)C(F)(F)F)CCC(=O)[O-]. The number of aliphatic carboxylic acids is 1. The van der Waals surface area contributed by atoms with Gasteiger partial charge in [-0.1, -0.05) is 0 Å². The fraction of sp³-hybridized carbons (Fsp3) is 0.875. The number of alkyl halides is 15. The van der Waals surface area contributed by atoms with E-state index < -0.39 is 73.0 Å². The summed E-state index contributed by atoms with van der Waals surface area (Å²) in [5.74, 6) is -53.2. The van der Waals surface area contributed by atoms with E-state index in [1.807, 2.05) is 0 Å². The van der Waals surface area contributed by atoms with Gasteiger partial charge in [0.25, 0.3) is 5.91 Å². The first-order valence-electron chi connectivity index (χ1n) is 9.18. The maximum absolute atomic E-state index is 13.7.